The molecule has 0 aliphatic heterocycles. The highest BCUT2D eigenvalue weighted by Crippen LogP contribution is 2.20. The number of aromatic nitrogens is 2. The molecule has 3 aromatic rings. The van der Waals surface area contributed by atoms with Crippen LogP contribution in [-0.4, -0.2) is 15.8 Å². The van der Waals surface area contributed by atoms with E-state index in [1.807, 2.05) is 19.9 Å². The predicted molar refractivity (Wildman–Crippen MR) is 95.3 cm³/mol. The first-order chi connectivity index (χ1) is 12.4. The molecular formula is C19H18F2N4O. The van der Waals surface area contributed by atoms with Crippen molar-refractivity contribution in [2.75, 3.05) is 5.32 Å². The summed E-state index contributed by atoms with van der Waals surface area (Å²) in [5.74, 6) is -0.830. The molecule has 0 aliphatic carbocycles. The van der Waals surface area contributed by atoms with Crippen molar-refractivity contribution in [2.24, 2.45) is 0 Å². The van der Waals surface area contributed by atoms with Gasteiger partial charge in [-0.2, -0.15) is 5.10 Å². The highest BCUT2D eigenvalue weighted by Gasteiger charge is 2.11. The molecule has 0 radical (unpaired) electrons. The predicted octanol–water partition coefficient (Wildman–Crippen LogP) is 4.09. The number of nitrogens with one attached hydrogen (secondary N) is 2. The van der Waals surface area contributed by atoms with Gasteiger partial charge >= 0.3 is 6.03 Å². The van der Waals surface area contributed by atoms with Gasteiger partial charge in [0.05, 0.1) is 5.69 Å². The first kappa shape index (κ1) is 17.6. The van der Waals surface area contributed by atoms with Crippen LogP contribution in [0.3, 0.4) is 0 Å². The first-order valence-corrected chi connectivity index (χ1v) is 8.05. The zero-order valence-corrected chi connectivity index (χ0v) is 14.4. The Bertz CT molecular complexity index is 935. The first-order valence-electron chi connectivity index (χ1n) is 8.05. The standard InChI is InChI=1S/C19H18F2N4O/c1-12-9-13(2)25(24-12)18-8-7-16(10-17(18)21)23-19(26)22-11-14-3-5-15(20)6-4-14/h3-10H,11H2,1-2H3,(H2,22,23,26). The summed E-state index contributed by atoms with van der Waals surface area (Å²) >= 11 is 0. The van der Waals surface area contributed by atoms with Gasteiger partial charge in [-0.15, -0.1) is 0 Å². The van der Waals surface area contributed by atoms with Crippen molar-refractivity contribution in [3.63, 3.8) is 0 Å². The summed E-state index contributed by atoms with van der Waals surface area (Å²) in [6.45, 7) is 3.91. The van der Waals surface area contributed by atoms with E-state index in [0.717, 1.165) is 17.0 Å². The van der Waals surface area contributed by atoms with Crippen LogP contribution in [-0.2, 0) is 6.54 Å². The zero-order valence-electron chi connectivity index (χ0n) is 14.4. The van der Waals surface area contributed by atoms with Crippen LogP contribution in [0.25, 0.3) is 5.69 Å². The molecule has 0 atom stereocenters. The lowest BCUT2D eigenvalue weighted by molar-refractivity contribution is 0.251. The Kier molecular flexibility index (Phi) is 4.97. The molecule has 3 rings (SSSR count). The van der Waals surface area contributed by atoms with Gasteiger partial charge in [0.1, 0.15) is 11.5 Å². The number of rotatable bonds is 4. The average Bonchev–Trinajstić information content (AvgIpc) is 2.93. The quantitative estimate of drug-likeness (QED) is 0.740. The highest BCUT2D eigenvalue weighted by molar-refractivity contribution is 5.89. The van der Waals surface area contributed by atoms with Crippen LogP contribution in [0.5, 0.6) is 0 Å². The number of amides is 2. The van der Waals surface area contributed by atoms with E-state index in [4.69, 9.17) is 0 Å². The van der Waals surface area contributed by atoms with Crippen molar-refractivity contribution in [1.82, 2.24) is 15.1 Å². The monoisotopic (exact) mass is 356 g/mol. The van der Waals surface area contributed by atoms with Crippen LogP contribution in [0.15, 0.2) is 48.5 Å². The summed E-state index contributed by atoms with van der Waals surface area (Å²) in [6.07, 6.45) is 0. The minimum absolute atomic E-state index is 0.235. The molecule has 134 valence electrons. The Morgan fingerprint density at radius 3 is 2.42 bits per heavy atom. The summed E-state index contributed by atoms with van der Waals surface area (Å²) in [5.41, 5.74) is 3.01. The van der Waals surface area contributed by atoms with E-state index in [1.165, 1.54) is 22.9 Å². The molecule has 0 aliphatic rings. The van der Waals surface area contributed by atoms with E-state index >= 15 is 0 Å². The second-order valence-corrected chi connectivity index (χ2v) is 5.94. The van der Waals surface area contributed by atoms with Crippen molar-refractivity contribution < 1.29 is 13.6 Å². The van der Waals surface area contributed by atoms with Crippen LogP contribution in [0.1, 0.15) is 17.0 Å². The van der Waals surface area contributed by atoms with Crippen molar-refractivity contribution in [3.8, 4) is 5.69 Å². The molecule has 7 heteroatoms. The molecule has 26 heavy (non-hydrogen) atoms. The fraction of sp³-hybridized carbons (Fsp3) is 0.158. The summed E-state index contributed by atoms with van der Waals surface area (Å²) in [4.78, 5) is 11.9. The maximum atomic E-state index is 14.4. The van der Waals surface area contributed by atoms with E-state index in [1.54, 1.807) is 24.3 Å². The average molecular weight is 356 g/mol. The van der Waals surface area contributed by atoms with Gasteiger partial charge in [-0.1, -0.05) is 12.1 Å². The number of hydrogen-bond acceptors (Lipinski definition) is 2. The van der Waals surface area contributed by atoms with Crippen molar-refractivity contribution >= 4 is 11.7 Å². The van der Waals surface area contributed by atoms with Gasteiger partial charge in [0.2, 0.25) is 0 Å². The SMILES string of the molecule is Cc1cc(C)n(-c2ccc(NC(=O)NCc3ccc(F)cc3)cc2F)n1. The molecule has 0 bridgehead atoms. The van der Waals surface area contributed by atoms with Crippen molar-refractivity contribution in [1.29, 1.82) is 0 Å². The smallest absolute Gasteiger partial charge is 0.319 e. The minimum atomic E-state index is -0.493. The third-order valence-electron chi connectivity index (χ3n) is 3.81. The molecule has 1 heterocycles. The highest BCUT2D eigenvalue weighted by atomic mass is 19.1. The number of halogens is 2. The van der Waals surface area contributed by atoms with Crippen LogP contribution in [0, 0.1) is 25.5 Å². The summed E-state index contributed by atoms with van der Waals surface area (Å²) in [5, 5.41) is 9.45. The molecule has 0 saturated heterocycles. The van der Waals surface area contributed by atoms with Gasteiger partial charge in [0, 0.05) is 17.9 Å². The van der Waals surface area contributed by atoms with E-state index < -0.39 is 11.8 Å². The molecule has 5 nitrogen and oxygen atoms in total. The molecule has 0 saturated carbocycles. The lowest BCUT2D eigenvalue weighted by Gasteiger charge is -2.10. The summed E-state index contributed by atoms with van der Waals surface area (Å²) in [6, 6.07) is 11.6. The van der Waals surface area contributed by atoms with E-state index in [2.05, 4.69) is 15.7 Å². The van der Waals surface area contributed by atoms with Crippen LogP contribution in [0.2, 0.25) is 0 Å². The molecule has 2 amide bonds. The van der Waals surface area contributed by atoms with E-state index in [-0.39, 0.29) is 12.4 Å². The Hall–Kier alpha value is -3.22. The molecule has 0 fully saturated rings. The lowest BCUT2D eigenvalue weighted by atomic mass is 10.2. The van der Waals surface area contributed by atoms with Crippen molar-refractivity contribution in [2.45, 2.75) is 20.4 Å². The van der Waals surface area contributed by atoms with E-state index in [9.17, 15) is 13.6 Å². The molecule has 1 aromatic heterocycles. The molecule has 2 N–H and O–H groups in total. The Morgan fingerprint density at radius 2 is 1.81 bits per heavy atom. The maximum Gasteiger partial charge on any atom is 0.319 e. The Morgan fingerprint density at radius 1 is 1.08 bits per heavy atom. The van der Waals surface area contributed by atoms with Gasteiger partial charge in [-0.05, 0) is 55.8 Å². The van der Waals surface area contributed by atoms with Gasteiger partial charge < -0.3 is 10.6 Å². The molecule has 0 unspecified atom stereocenters. The minimum Gasteiger partial charge on any atom is -0.334 e. The zero-order chi connectivity index (χ0) is 18.7. The third kappa shape index (κ3) is 4.05. The fourth-order valence-corrected chi connectivity index (χ4v) is 2.59. The summed E-state index contributed by atoms with van der Waals surface area (Å²) in [7, 11) is 0. The molecule has 0 spiro atoms. The number of carbonyl (C=O) groups excluding carboxylic acids is 1. The number of benzene rings is 2. The van der Waals surface area contributed by atoms with Gasteiger partial charge in [-0.3, -0.25) is 0 Å². The second kappa shape index (κ2) is 7.35. The number of hydrogen-bond donors (Lipinski definition) is 2. The fourth-order valence-electron chi connectivity index (χ4n) is 2.59. The number of nitrogens with zero attached hydrogens (tertiary/aromatic N) is 2. The third-order valence-corrected chi connectivity index (χ3v) is 3.81. The number of anilines is 1. The lowest BCUT2D eigenvalue weighted by Crippen LogP contribution is -2.28. The van der Waals surface area contributed by atoms with Gasteiger partial charge in [0.25, 0.3) is 0 Å². The normalized spacial score (nSPS) is 10.6. The Labute approximate surface area is 149 Å². The second-order valence-electron chi connectivity index (χ2n) is 5.94. The van der Waals surface area contributed by atoms with Crippen LogP contribution in [0.4, 0.5) is 19.3 Å². The van der Waals surface area contributed by atoms with Gasteiger partial charge in [-0.25, -0.2) is 18.3 Å². The topological polar surface area (TPSA) is 59.0 Å². The maximum absolute atomic E-state index is 14.4. The number of aryl methyl sites for hydroxylation is 2. The number of urea groups is 1. The largest absolute Gasteiger partial charge is 0.334 e. The van der Waals surface area contributed by atoms with E-state index in [0.29, 0.717) is 11.4 Å². The van der Waals surface area contributed by atoms with Crippen LogP contribution >= 0.6 is 0 Å². The van der Waals surface area contributed by atoms with Crippen molar-refractivity contribution in [3.05, 3.63) is 77.1 Å². The number of carbonyl (C=O) groups is 1. The molecular weight excluding hydrogens is 338 g/mol. The Balaban J connectivity index is 1.64. The summed E-state index contributed by atoms with van der Waals surface area (Å²) < 4.78 is 28.8. The van der Waals surface area contributed by atoms with Crippen LogP contribution < -0.4 is 10.6 Å². The van der Waals surface area contributed by atoms with Gasteiger partial charge in [0.15, 0.2) is 5.82 Å². The molecule has 2 aromatic carbocycles.